The lowest BCUT2D eigenvalue weighted by Crippen LogP contribution is -2.42. The van der Waals surface area contributed by atoms with Crippen LogP contribution < -0.4 is 15.4 Å². The van der Waals surface area contributed by atoms with Crippen LogP contribution in [0.2, 0.25) is 0 Å². The predicted octanol–water partition coefficient (Wildman–Crippen LogP) is 2.40. The van der Waals surface area contributed by atoms with E-state index >= 15 is 0 Å². The van der Waals surface area contributed by atoms with Crippen molar-refractivity contribution in [2.45, 2.75) is 25.8 Å². The minimum absolute atomic E-state index is 0.514. The Labute approximate surface area is 145 Å². The fraction of sp³-hybridized carbons (Fsp3) is 0.526. The van der Waals surface area contributed by atoms with Gasteiger partial charge in [-0.25, -0.2) is 0 Å². The van der Waals surface area contributed by atoms with Crippen LogP contribution in [0.15, 0.2) is 41.9 Å². The fourth-order valence-corrected chi connectivity index (χ4v) is 2.85. The van der Waals surface area contributed by atoms with Gasteiger partial charge in [0.15, 0.2) is 5.96 Å². The molecule has 1 fully saturated rings. The van der Waals surface area contributed by atoms with Gasteiger partial charge in [0.2, 0.25) is 0 Å². The van der Waals surface area contributed by atoms with Crippen LogP contribution in [0.1, 0.15) is 24.8 Å². The van der Waals surface area contributed by atoms with Gasteiger partial charge in [-0.2, -0.15) is 0 Å². The van der Waals surface area contributed by atoms with Gasteiger partial charge in [-0.15, -0.1) is 0 Å². The average molecular weight is 330 g/mol. The highest BCUT2D eigenvalue weighted by Crippen LogP contribution is 2.17. The molecule has 2 rings (SSSR count). The summed E-state index contributed by atoms with van der Waals surface area (Å²) in [7, 11) is 1.80. The van der Waals surface area contributed by atoms with Crippen molar-refractivity contribution in [3.63, 3.8) is 0 Å². The Morgan fingerprint density at radius 3 is 2.79 bits per heavy atom. The van der Waals surface area contributed by atoms with Crippen molar-refractivity contribution < 1.29 is 4.74 Å². The van der Waals surface area contributed by atoms with Gasteiger partial charge in [-0.1, -0.05) is 37.3 Å². The Balaban J connectivity index is 1.75. The summed E-state index contributed by atoms with van der Waals surface area (Å²) in [5.74, 6) is 1.71. The van der Waals surface area contributed by atoms with Crippen molar-refractivity contribution in [1.82, 2.24) is 15.5 Å². The van der Waals surface area contributed by atoms with E-state index in [9.17, 15) is 0 Å². The van der Waals surface area contributed by atoms with Gasteiger partial charge in [-0.3, -0.25) is 4.99 Å². The second-order valence-electron chi connectivity index (χ2n) is 5.96. The summed E-state index contributed by atoms with van der Waals surface area (Å²) in [6, 6.07) is 8.04. The highest BCUT2D eigenvalue weighted by molar-refractivity contribution is 5.79. The number of hydrogen-bond acceptors (Lipinski definition) is 3. The molecule has 1 aromatic rings. The van der Waals surface area contributed by atoms with E-state index in [1.54, 1.807) is 13.1 Å². The Hall–Kier alpha value is -2.01. The van der Waals surface area contributed by atoms with E-state index in [2.05, 4.69) is 33.2 Å². The third-order valence-corrected chi connectivity index (χ3v) is 4.17. The Bertz CT molecular complexity index is 524. The molecule has 132 valence electrons. The molecule has 1 saturated heterocycles. The molecule has 5 heteroatoms. The summed E-state index contributed by atoms with van der Waals surface area (Å²) in [6.45, 7) is 9.31. The first kappa shape index (κ1) is 18.3. The molecule has 1 aliphatic heterocycles. The maximum Gasteiger partial charge on any atom is 0.191 e. The molecular formula is C19H30N4O. The molecule has 0 aliphatic carbocycles. The topological polar surface area (TPSA) is 48.9 Å². The second-order valence-corrected chi connectivity index (χ2v) is 5.96. The smallest absolute Gasteiger partial charge is 0.191 e. The van der Waals surface area contributed by atoms with Crippen molar-refractivity contribution in [2.75, 3.05) is 39.8 Å². The van der Waals surface area contributed by atoms with Crippen LogP contribution in [-0.2, 0) is 6.54 Å². The maximum atomic E-state index is 5.69. The number of guanidine groups is 1. The number of aliphatic imine (C=N–C) groups is 1. The normalized spacial score (nSPS) is 15.8. The van der Waals surface area contributed by atoms with E-state index in [1.807, 2.05) is 18.2 Å². The van der Waals surface area contributed by atoms with Crippen LogP contribution in [-0.4, -0.2) is 50.7 Å². The van der Waals surface area contributed by atoms with Gasteiger partial charge in [-0.05, 0) is 32.0 Å². The summed E-state index contributed by atoms with van der Waals surface area (Å²) in [4.78, 5) is 6.81. The van der Waals surface area contributed by atoms with Gasteiger partial charge < -0.3 is 20.3 Å². The number of piperidine rings is 1. The van der Waals surface area contributed by atoms with E-state index in [1.165, 1.54) is 32.4 Å². The van der Waals surface area contributed by atoms with E-state index in [-0.39, 0.29) is 0 Å². The standard InChI is InChI=1S/C19H30N4O/c1-3-15-24-18-10-6-5-9-17(18)16-22-19(20-2)21-11-14-23-12-7-4-8-13-23/h3,5-6,9-10H,1,4,7-8,11-16H2,2H3,(H2,20,21,22). The largest absolute Gasteiger partial charge is 0.489 e. The molecule has 0 bridgehead atoms. The van der Waals surface area contributed by atoms with Gasteiger partial charge in [0.25, 0.3) is 0 Å². The van der Waals surface area contributed by atoms with Gasteiger partial charge in [0, 0.05) is 32.2 Å². The lowest BCUT2D eigenvalue weighted by molar-refractivity contribution is 0.232. The number of para-hydroxylation sites is 1. The van der Waals surface area contributed by atoms with Gasteiger partial charge >= 0.3 is 0 Å². The first-order valence-corrected chi connectivity index (χ1v) is 8.82. The quantitative estimate of drug-likeness (QED) is 0.437. The molecule has 24 heavy (non-hydrogen) atoms. The first-order chi connectivity index (χ1) is 11.8. The van der Waals surface area contributed by atoms with Crippen LogP contribution in [0.5, 0.6) is 5.75 Å². The molecule has 1 aliphatic rings. The van der Waals surface area contributed by atoms with Crippen LogP contribution in [0.4, 0.5) is 0 Å². The number of hydrogen-bond donors (Lipinski definition) is 2. The predicted molar refractivity (Wildman–Crippen MR) is 101 cm³/mol. The Morgan fingerprint density at radius 2 is 2.04 bits per heavy atom. The number of nitrogens with one attached hydrogen (secondary N) is 2. The summed E-state index contributed by atoms with van der Waals surface area (Å²) < 4.78 is 5.69. The van der Waals surface area contributed by atoms with E-state index in [4.69, 9.17) is 4.74 Å². The molecule has 1 aromatic carbocycles. The minimum Gasteiger partial charge on any atom is -0.489 e. The van der Waals surface area contributed by atoms with Crippen LogP contribution in [0, 0.1) is 0 Å². The summed E-state index contributed by atoms with van der Waals surface area (Å²) >= 11 is 0. The molecule has 5 nitrogen and oxygen atoms in total. The van der Waals surface area contributed by atoms with Gasteiger partial charge in [0.05, 0.1) is 0 Å². The number of ether oxygens (including phenoxy) is 1. The highest BCUT2D eigenvalue weighted by Gasteiger charge is 2.09. The molecule has 0 atom stereocenters. The van der Waals surface area contributed by atoms with Crippen LogP contribution >= 0.6 is 0 Å². The van der Waals surface area contributed by atoms with Crippen LogP contribution in [0.3, 0.4) is 0 Å². The van der Waals surface area contributed by atoms with E-state index < -0.39 is 0 Å². The zero-order valence-electron chi connectivity index (χ0n) is 14.8. The Morgan fingerprint density at radius 1 is 1.25 bits per heavy atom. The minimum atomic E-state index is 0.514. The molecular weight excluding hydrogens is 300 g/mol. The monoisotopic (exact) mass is 330 g/mol. The number of rotatable bonds is 8. The lowest BCUT2D eigenvalue weighted by atomic mass is 10.1. The van der Waals surface area contributed by atoms with Crippen molar-refractivity contribution >= 4 is 5.96 Å². The van der Waals surface area contributed by atoms with Crippen molar-refractivity contribution in [2.24, 2.45) is 4.99 Å². The van der Waals surface area contributed by atoms with Crippen molar-refractivity contribution in [3.8, 4) is 5.75 Å². The number of benzene rings is 1. The highest BCUT2D eigenvalue weighted by atomic mass is 16.5. The first-order valence-electron chi connectivity index (χ1n) is 8.82. The number of likely N-dealkylation sites (tertiary alicyclic amines) is 1. The molecule has 0 amide bonds. The SMILES string of the molecule is C=CCOc1ccccc1CNC(=NC)NCCN1CCCCC1. The molecule has 0 unspecified atom stereocenters. The molecule has 1 heterocycles. The molecule has 0 spiro atoms. The fourth-order valence-electron chi connectivity index (χ4n) is 2.85. The Kier molecular flexibility index (Phi) is 8.18. The van der Waals surface area contributed by atoms with Crippen LogP contribution in [0.25, 0.3) is 0 Å². The average Bonchev–Trinajstić information content (AvgIpc) is 2.64. The van der Waals surface area contributed by atoms with E-state index in [0.717, 1.165) is 30.4 Å². The van der Waals surface area contributed by atoms with Crippen molar-refractivity contribution in [1.29, 1.82) is 0 Å². The van der Waals surface area contributed by atoms with Gasteiger partial charge in [0.1, 0.15) is 12.4 Å². The number of nitrogens with zero attached hydrogens (tertiary/aromatic N) is 2. The molecule has 0 radical (unpaired) electrons. The van der Waals surface area contributed by atoms with Crippen molar-refractivity contribution in [3.05, 3.63) is 42.5 Å². The summed E-state index contributed by atoms with van der Waals surface area (Å²) in [5.41, 5.74) is 1.11. The molecule has 2 N–H and O–H groups in total. The summed E-state index contributed by atoms with van der Waals surface area (Å²) in [5, 5.41) is 6.74. The third kappa shape index (κ3) is 6.24. The second kappa shape index (κ2) is 10.7. The summed E-state index contributed by atoms with van der Waals surface area (Å²) in [6.07, 6.45) is 5.79. The lowest BCUT2D eigenvalue weighted by Gasteiger charge is -2.26. The zero-order chi connectivity index (χ0) is 17.0. The zero-order valence-corrected chi connectivity index (χ0v) is 14.8. The molecule has 0 aromatic heterocycles. The van der Waals surface area contributed by atoms with E-state index in [0.29, 0.717) is 13.2 Å². The maximum absolute atomic E-state index is 5.69. The molecule has 0 saturated carbocycles. The third-order valence-electron chi connectivity index (χ3n) is 4.17.